The van der Waals surface area contributed by atoms with Gasteiger partial charge in [-0.2, -0.15) is 4.68 Å². The monoisotopic (exact) mass is 337 g/mol. The molecule has 25 heavy (non-hydrogen) atoms. The number of rotatable bonds is 7. The van der Waals surface area contributed by atoms with Crippen molar-refractivity contribution in [2.75, 3.05) is 6.61 Å². The predicted octanol–water partition coefficient (Wildman–Crippen LogP) is 1.92. The smallest absolute Gasteiger partial charge is 0.224 e. The normalized spacial score (nSPS) is 10.4. The first-order valence-corrected chi connectivity index (χ1v) is 8.07. The molecule has 3 rings (SSSR count). The molecule has 2 aromatic carbocycles. The summed E-state index contributed by atoms with van der Waals surface area (Å²) in [5.74, 6) is 1.28. The number of hydrogen-bond acceptors (Lipinski definition) is 5. The van der Waals surface area contributed by atoms with Gasteiger partial charge in [-0.3, -0.25) is 4.79 Å². The van der Waals surface area contributed by atoms with Gasteiger partial charge in [0.25, 0.3) is 0 Å². The van der Waals surface area contributed by atoms with Crippen LogP contribution in [0.1, 0.15) is 18.3 Å². The number of para-hydroxylation sites is 1. The zero-order chi connectivity index (χ0) is 17.5. The molecule has 0 aliphatic carbocycles. The van der Waals surface area contributed by atoms with Crippen molar-refractivity contribution >= 4 is 5.91 Å². The Morgan fingerprint density at radius 2 is 1.88 bits per heavy atom. The molecule has 0 aliphatic rings. The summed E-state index contributed by atoms with van der Waals surface area (Å²) in [4.78, 5) is 12.1. The fraction of sp³-hybridized carbons (Fsp3) is 0.222. The third kappa shape index (κ3) is 4.41. The number of nitrogens with one attached hydrogen (secondary N) is 1. The molecule has 1 aromatic heterocycles. The van der Waals surface area contributed by atoms with Crippen LogP contribution >= 0.6 is 0 Å². The fourth-order valence-corrected chi connectivity index (χ4v) is 2.38. The highest BCUT2D eigenvalue weighted by Gasteiger charge is 2.10. The van der Waals surface area contributed by atoms with Gasteiger partial charge in [-0.1, -0.05) is 30.3 Å². The van der Waals surface area contributed by atoms with Crippen molar-refractivity contribution in [3.05, 3.63) is 66.0 Å². The van der Waals surface area contributed by atoms with Crippen LogP contribution in [-0.2, 0) is 17.8 Å². The van der Waals surface area contributed by atoms with E-state index in [1.165, 1.54) is 0 Å². The summed E-state index contributed by atoms with van der Waals surface area (Å²) >= 11 is 0. The maximum absolute atomic E-state index is 12.1. The van der Waals surface area contributed by atoms with E-state index in [0.717, 1.165) is 17.0 Å². The van der Waals surface area contributed by atoms with E-state index in [0.29, 0.717) is 18.9 Å². The molecular formula is C18H19N5O2. The van der Waals surface area contributed by atoms with Crippen molar-refractivity contribution in [2.24, 2.45) is 0 Å². The van der Waals surface area contributed by atoms with E-state index in [2.05, 4.69) is 20.8 Å². The van der Waals surface area contributed by atoms with E-state index < -0.39 is 0 Å². The van der Waals surface area contributed by atoms with Crippen molar-refractivity contribution in [1.82, 2.24) is 25.5 Å². The topological polar surface area (TPSA) is 81.9 Å². The minimum Gasteiger partial charge on any atom is -0.494 e. The lowest BCUT2D eigenvalue weighted by Gasteiger charge is -2.07. The molecule has 0 saturated heterocycles. The van der Waals surface area contributed by atoms with E-state index in [9.17, 15) is 4.79 Å². The van der Waals surface area contributed by atoms with Crippen LogP contribution in [0.2, 0.25) is 0 Å². The largest absolute Gasteiger partial charge is 0.494 e. The lowest BCUT2D eigenvalue weighted by molar-refractivity contribution is -0.120. The van der Waals surface area contributed by atoms with Crippen LogP contribution in [0.15, 0.2) is 54.6 Å². The molecule has 0 radical (unpaired) electrons. The van der Waals surface area contributed by atoms with Gasteiger partial charge in [0.05, 0.1) is 25.3 Å². The third-order valence-corrected chi connectivity index (χ3v) is 3.58. The Balaban J connectivity index is 1.57. The molecule has 128 valence electrons. The summed E-state index contributed by atoms with van der Waals surface area (Å²) in [5.41, 5.74) is 1.77. The quantitative estimate of drug-likeness (QED) is 0.712. The lowest BCUT2D eigenvalue weighted by atomic mass is 10.1. The van der Waals surface area contributed by atoms with Crippen molar-refractivity contribution in [2.45, 2.75) is 19.9 Å². The molecule has 0 fully saturated rings. The van der Waals surface area contributed by atoms with Gasteiger partial charge in [-0.05, 0) is 47.2 Å². The molecule has 0 unspecified atom stereocenters. The van der Waals surface area contributed by atoms with Crippen LogP contribution < -0.4 is 10.1 Å². The molecule has 0 spiro atoms. The van der Waals surface area contributed by atoms with Crippen molar-refractivity contribution in [1.29, 1.82) is 0 Å². The first kappa shape index (κ1) is 16.6. The molecule has 0 atom stereocenters. The van der Waals surface area contributed by atoms with Gasteiger partial charge < -0.3 is 10.1 Å². The minimum absolute atomic E-state index is 0.0910. The molecule has 1 heterocycles. The van der Waals surface area contributed by atoms with E-state index >= 15 is 0 Å². The van der Waals surface area contributed by atoms with Gasteiger partial charge in [-0.25, -0.2) is 0 Å². The second-order valence-electron chi connectivity index (χ2n) is 5.37. The number of nitrogens with zero attached hydrogens (tertiary/aromatic N) is 4. The number of carbonyl (C=O) groups is 1. The van der Waals surface area contributed by atoms with Crippen LogP contribution in [-0.4, -0.2) is 32.7 Å². The standard InChI is InChI=1S/C18H19N5O2/c1-2-25-16-10-8-14(9-11-16)12-18(24)19-13-17-20-21-22-23(17)15-6-4-3-5-7-15/h3-11H,2,12-13H2,1H3,(H,19,24). The second kappa shape index (κ2) is 8.05. The summed E-state index contributed by atoms with van der Waals surface area (Å²) in [6.07, 6.45) is 0.291. The predicted molar refractivity (Wildman–Crippen MR) is 92.3 cm³/mol. The second-order valence-corrected chi connectivity index (χ2v) is 5.37. The highest BCUT2D eigenvalue weighted by molar-refractivity contribution is 5.78. The van der Waals surface area contributed by atoms with Gasteiger partial charge in [0.1, 0.15) is 5.75 Å². The molecule has 3 aromatic rings. The third-order valence-electron chi connectivity index (χ3n) is 3.58. The number of benzene rings is 2. The molecule has 7 nitrogen and oxygen atoms in total. The van der Waals surface area contributed by atoms with Crippen LogP contribution in [0.25, 0.3) is 5.69 Å². The molecule has 0 bridgehead atoms. The Kier molecular flexibility index (Phi) is 5.36. The van der Waals surface area contributed by atoms with Crippen LogP contribution in [0.3, 0.4) is 0 Å². The maximum atomic E-state index is 12.1. The Bertz CT molecular complexity index is 815. The van der Waals surface area contributed by atoms with Crippen LogP contribution in [0, 0.1) is 0 Å². The summed E-state index contributed by atoms with van der Waals surface area (Å²) in [6, 6.07) is 17.0. The SMILES string of the molecule is CCOc1ccc(CC(=O)NCc2nnnn2-c2ccccc2)cc1. The summed E-state index contributed by atoms with van der Waals surface area (Å²) in [7, 11) is 0. The number of tetrazole rings is 1. The molecule has 0 saturated carbocycles. The summed E-state index contributed by atoms with van der Waals surface area (Å²) < 4.78 is 7.00. The van der Waals surface area contributed by atoms with Gasteiger partial charge in [0.15, 0.2) is 5.82 Å². The zero-order valence-corrected chi connectivity index (χ0v) is 13.9. The van der Waals surface area contributed by atoms with Crippen LogP contribution in [0.5, 0.6) is 5.75 Å². The Labute approximate surface area is 145 Å². The maximum Gasteiger partial charge on any atom is 0.224 e. The molecule has 1 N–H and O–H groups in total. The van der Waals surface area contributed by atoms with E-state index in [-0.39, 0.29) is 12.5 Å². The van der Waals surface area contributed by atoms with Crippen molar-refractivity contribution in [3.63, 3.8) is 0 Å². The fourth-order valence-electron chi connectivity index (χ4n) is 2.38. The molecule has 0 aliphatic heterocycles. The summed E-state index contributed by atoms with van der Waals surface area (Å²) in [5, 5.41) is 14.5. The number of aromatic nitrogens is 4. The van der Waals surface area contributed by atoms with Gasteiger partial charge in [-0.15, -0.1) is 5.10 Å². The number of carbonyl (C=O) groups excluding carboxylic acids is 1. The average molecular weight is 337 g/mol. The van der Waals surface area contributed by atoms with Gasteiger partial charge in [0.2, 0.25) is 5.91 Å². The number of amides is 1. The summed E-state index contributed by atoms with van der Waals surface area (Å²) in [6.45, 7) is 2.82. The van der Waals surface area contributed by atoms with E-state index in [4.69, 9.17) is 4.74 Å². The number of hydrogen-bond donors (Lipinski definition) is 1. The van der Waals surface area contributed by atoms with Crippen molar-refractivity contribution < 1.29 is 9.53 Å². The first-order valence-electron chi connectivity index (χ1n) is 8.07. The molecule has 7 heteroatoms. The molecular weight excluding hydrogens is 318 g/mol. The Hall–Kier alpha value is -3.22. The van der Waals surface area contributed by atoms with Gasteiger partial charge in [0, 0.05) is 0 Å². The Morgan fingerprint density at radius 3 is 2.60 bits per heavy atom. The highest BCUT2D eigenvalue weighted by atomic mass is 16.5. The molecule has 1 amide bonds. The van der Waals surface area contributed by atoms with Crippen molar-refractivity contribution in [3.8, 4) is 11.4 Å². The number of ether oxygens (including phenoxy) is 1. The average Bonchev–Trinajstić information content (AvgIpc) is 3.11. The lowest BCUT2D eigenvalue weighted by Crippen LogP contribution is -2.26. The minimum atomic E-state index is -0.0910. The van der Waals surface area contributed by atoms with E-state index in [1.807, 2.05) is 61.5 Å². The van der Waals surface area contributed by atoms with Crippen LogP contribution in [0.4, 0.5) is 0 Å². The Morgan fingerprint density at radius 1 is 1.12 bits per heavy atom. The zero-order valence-electron chi connectivity index (χ0n) is 13.9. The highest BCUT2D eigenvalue weighted by Crippen LogP contribution is 2.12. The van der Waals surface area contributed by atoms with Gasteiger partial charge >= 0.3 is 0 Å². The first-order chi connectivity index (χ1) is 12.3. The van der Waals surface area contributed by atoms with E-state index in [1.54, 1.807) is 4.68 Å².